The van der Waals surface area contributed by atoms with E-state index in [0.717, 1.165) is 10.6 Å². The van der Waals surface area contributed by atoms with E-state index < -0.39 is 23.1 Å². The van der Waals surface area contributed by atoms with Gasteiger partial charge in [-0.25, -0.2) is 4.79 Å². The van der Waals surface area contributed by atoms with Crippen molar-refractivity contribution in [3.8, 4) is 0 Å². The van der Waals surface area contributed by atoms with Crippen LogP contribution < -0.4 is 16.8 Å². The second-order valence-electron chi connectivity index (χ2n) is 4.49. The van der Waals surface area contributed by atoms with E-state index in [1.807, 2.05) is 0 Å². The summed E-state index contributed by atoms with van der Waals surface area (Å²) >= 11 is 0. The van der Waals surface area contributed by atoms with E-state index in [1.165, 1.54) is 37.4 Å². The number of methoxy groups -OCH3 is 1. The molecular formula is C12H15N3O5. The van der Waals surface area contributed by atoms with E-state index in [1.54, 1.807) is 0 Å². The maximum Gasteiger partial charge on any atom is 0.332 e. The van der Waals surface area contributed by atoms with Crippen molar-refractivity contribution in [2.75, 3.05) is 7.11 Å². The number of rotatable bonds is 2. The number of aromatic nitrogens is 3. The molecule has 0 aromatic carbocycles. The first-order valence-electron chi connectivity index (χ1n) is 5.81. The predicted octanol–water partition coefficient (Wildman–Crippen LogP) is -1.43. The predicted molar refractivity (Wildman–Crippen MR) is 71.6 cm³/mol. The molecule has 0 saturated heterocycles. The molecule has 0 aliphatic carbocycles. The van der Waals surface area contributed by atoms with Crippen molar-refractivity contribution in [1.29, 1.82) is 0 Å². The Morgan fingerprint density at radius 1 is 1.10 bits per heavy atom. The second-order valence-corrected chi connectivity index (χ2v) is 4.49. The average molecular weight is 281 g/mol. The molecule has 0 aliphatic heterocycles. The number of fused-ring (bicyclic) bond motifs is 1. The fraction of sp³-hybridized carbons (Fsp3) is 0.417. The van der Waals surface area contributed by atoms with Crippen LogP contribution in [0.1, 0.15) is 11.9 Å². The zero-order valence-electron chi connectivity index (χ0n) is 11.6. The van der Waals surface area contributed by atoms with Gasteiger partial charge in [0.05, 0.1) is 5.39 Å². The fourth-order valence-corrected chi connectivity index (χ4v) is 2.21. The minimum atomic E-state index is -1.42. The van der Waals surface area contributed by atoms with Gasteiger partial charge < -0.3 is 9.84 Å². The van der Waals surface area contributed by atoms with E-state index in [0.29, 0.717) is 0 Å². The van der Waals surface area contributed by atoms with Crippen LogP contribution in [-0.2, 0) is 25.9 Å². The van der Waals surface area contributed by atoms with Crippen LogP contribution in [0.4, 0.5) is 0 Å². The molecule has 0 radical (unpaired) electrons. The van der Waals surface area contributed by atoms with Crippen molar-refractivity contribution in [1.82, 2.24) is 13.7 Å². The SMILES string of the molecule is COC(O)c1cc(=O)n(C)c2c1c(=O)n(C)c(=O)n2C. The molecule has 1 atom stereocenters. The van der Waals surface area contributed by atoms with Crippen molar-refractivity contribution in [2.24, 2.45) is 21.1 Å². The third-order valence-electron chi connectivity index (χ3n) is 3.34. The summed E-state index contributed by atoms with van der Waals surface area (Å²) in [7, 11) is 5.48. The number of ether oxygens (including phenoxy) is 1. The quantitative estimate of drug-likeness (QED) is 0.681. The third kappa shape index (κ3) is 1.81. The number of aryl methyl sites for hydroxylation is 2. The van der Waals surface area contributed by atoms with Crippen molar-refractivity contribution in [3.05, 3.63) is 42.8 Å². The highest BCUT2D eigenvalue weighted by molar-refractivity contribution is 5.78. The lowest BCUT2D eigenvalue weighted by molar-refractivity contribution is -0.0760. The molecule has 8 heteroatoms. The number of nitrogens with zero attached hydrogens (tertiary/aromatic N) is 3. The largest absolute Gasteiger partial charge is 0.364 e. The van der Waals surface area contributed by atoms with Gasteiger partial charge >= 0.3 is 5.69 Å². The van der Waals surface area contributed by atoms with Gasteiger partial charge in [0.25, 0.3) is 11.1 Å². The summed E-state index contributed by atoms with van der Waals surface area (Å²) in [6, 6.07) is 1.13. The summed E-state index contributed by atoms with van der Waals surface area (Å²) in [5, 5.41) is 9.89. The number of hydrogen-bond acceptors (Lipinski definition) is 5. The number of hydrogen-bond donors (Lipinski definition) is 1. The Kier molecular flexibility index (Phi) is 3.36. The molecule has 2 rings (SSSR count). The molecular weight excluding hydrogens is 266 g/mol. The molecule has 2 aromatic heterocycles. The van der Waals surface area contributed by atoms with Gasteiger partial charge in [0.2, 0.25) is 0 Å². The summed E-state index contributed by atoms with van der Waals surface area (Å²) in [6.07, 6.45) is -1.42. The monoisotopic (exact) mass is 281 g/mol. The Morgan fingerprint density at radius 3 is 2.25 bits per heavy atom. The molecule has 0 spiro atoms. The van der Waals surface area contributed by atoms with Crippen molar-refractivity contribution < 1.29 is 9.84 Å². The van der Waals surface area contributed by atoms with Crippen molar-refractivity contribution >= 4 is 11.0 Å². The Hall–Kier alpha value is -2.19. The second kappa shape index (κ2) is 4.73. The molecule has 108 valence electrons. The molecule has 0 saturated carbocycles. The lowest BCUT2D eigenvalue weighted by atomic mass is 10.1. The smallest absolute Gasteiger partial charge is 0.332 e. The van der Waals surface area contributed by atoms with Crippen LogP contribution in [0, 0.1) is 0 Å². The van der Waals surface area contributed by atoms with Gasteiger partial charge in [0.15, 0.2) is 6.29 Å². The standard InChI is InChI=1S/C12H15N3O5/c1-13-7(16)5-6(11(18)20-4)8-9(13)14(2)12(19)15(3)10(8)17/h5,11,18H,1-4H3. The maximum atomic E-state index is 12.3. The normalized spacial score (nSPS) is 12.8. The molecule has 1 unspecified atom stereocenters. The summed E-state index contributed by atoms with van der Waals surface area (Å²) in [5.41, 5.74) is -1.42. The summed E-state index contributed by atoms with van der Waals surface area (Å²) in [4.78, 5) is 36.1. The lowest BCUT2D eigenvalue weighted by Gasteiger charge is -2.16. The average Bonchev–Trinajstić information content (AvgIpc) is 2.44. The number of aliphatic hydroxyl groups is 1. The minimum absolute atomic E-state index is 0.0433. The van der Waals surface area contributed by atoms with Crippen LogP contribution in [0.25, 0.3) is 11.0 Å². The van der Waals surface area contributed by atoms with Crippen molar-refractivity contribution in [2.45, 2.75) is 6.29 Å². The lowest BCUT2D eigenvalue weighted by Crippen LogP contribution is -2.40. The molecule has 2 aromatic rings. The molecule has 0 aliphatic rings. The van der Waals surface area contributed by atoms with Gasteiger partial charge in [-0.2, -0.15) is 0 Å². The fourth-order valence-electron chi connectivity index (χ4n) is 2.21. The van der Waals surface area contributed by atoms with Gasteiger partial charge in [-0.1, -0.05) is 0 Å². The Balaban J connectivity index is 3.22. The molecule has 20 heavy (non-hydrogen) atoms. The van der Waals surface area contributed by atoms with E-state index >= 15 is 0 Å². The first-order chi connectivity index (χ1) is 9.31. The molecule has 8 nitrogen and oxygen atoms in total. The molecule has 0 bridgehead atoms. The van der Waals surface area contributed by atoms with Gasteiger partial charge in [0, 0.05) is 39.9 Å². The van der Waals surface area contributed by atoms with Crippen LogP contribution in [0.5, 0.6) is 0 Å². The highest BCUT2D eigenvalue weighted by Gasteiger charge is 2.20. The van der Waals surface area contributed by atoms with E-state index in [9.17, 15) is 19.5 Å². The minimum Gasteiger partial charge on any atom is -0.364 e. The molecule has 1 N–H and O–H groups in total. The molecule has 0 fully saturated rings. The van der Waals surface area contributed by atoms with Crippen molar-refractivity contribution in [3.63, 3.8) is 0 Å². The van der Waals surface area contributed by atoms with Gasteiger partial charge in [-0.3, -0.25) is 23.3 Å². The Labute approximate surface area is 113 Å². The van der Waals surface area contributed by atoms with E-state index in [-0.39, 0.29) is 16.6 Å². The van der Waals surface area contributed by atoms with Gasteiger partial charge in [0.1, 0.15) is 5.65 Å². The zero-order valence-corrected chi connectivity index (χ0v) is 11.6. The van der Waals surface area contributed by atoms with Crippen LogP contribution in [0.3, 0.4) is 0 Å². The maximum absolute atomic E-state index is 12.3. The van der Waals surface area contributed by atoms with E-state index in [2.05, 4.69) is 0 Å². The number of pyridine rings is 1. The van der Waals surface area contributed by atoms with Crippen LogP contribution in [0.15, 0.2) is 20.4 Å². The summed E-state index contributed by atoms with van der Waals surface area (Å²) in [6.45, 7) is 0. The van der Waals surface area contributed by atoms with E-state index in [4.69, 9.17) is 4.74 Å². The molecule has 2 heterocycles. The topological polar surface area (TPSA) is 95.5 Å². The van der Waals surface area contributed by atoms with Gasteiger partial charge in [-0.05, 0) is 0 Å². The van der Waals surface area contributed by atoms with Crippen LogP contribution in [0.2, 0.25) is 0 Å². The highest BCUT2D eigenvalue weighted by atomic mass is 16.6. The summed E-state index contributed by atoms with van der Waals surface area (Å²) < 4.78 is 8.06. The van der Waals surface area contributed by atoms with Gasteiger partial charge in [-0.15, -0.1) is 0 Å². The van der Waals surface area contributed by atoms with Crippen LogP contribution in [-0.4, -0.2) is 25.9 Å². The first-order valence-corrected chi connectivity index (χ1v) is 5.81. The zero-order chi connectivity index (χ0) is 15.2. The first kappa shape index (κ1) is 14.2. The Bertz CT molecular complexity index is 858. The molecule has 0 amide bonds. The third-order valence-corrected chi connectivity index (χ3v) is 3.34. The summed E-state index contributed by atoms with van der Waals surface area (Å²) in [5.74, 6) is 0. The number of aliphatic hydroxyl groups excluding tert-OH is 1. The van der Waals surface area contributed by atoms with Crippen LogP contribution >= 0.6 is 0 Å². The Morgan fingerprint density at radius 2 is 1.70 bits per heavy atom. The highest BCUT2D eigenvalue weighted by Crippen LogP contribution is 2.18.